The predicted octanol–water partition coefficient (Wildman–Crippen LogP) is 4.52. The zero-order chi connectivity index (χ0) is 25.4. The number of H-pyrrole nitrogens is 1. The first-order valence-electron chi connectivity index (χ1n) is 12.3. The second kappa shape index (κ2) is 9.28. The highest BCUT2D eigenvalue weighted by Crippen LogP contribution is 2.39. The van der Waals surface area contributed by atoms with Gasteiger partial charge in [-0.2, -0.15) is 5.10 Å². The van der Waals surface area contributed by atoms with Crippen LogP contribution in [0.2, 0.25) is 0 Å². The van der Waals surface area contributed by atoms with Crippen LogP contribution in [-0.2, 0) is 5.41 Å². The lowest BCUT2D eigenvalue weighted by Crippen LogP contribution is -2.44. The van der Waals surface area contributed by atoms with Crippen molar-refractivity contribution in [2.45, 2.75) is 26.2 Å². The van der Waals surface area contributed by atoms with Crippen molar-refractivity contribution in [3.8, 4) is 11.1 Å². The number of benzene rings is 2. The maximum atomic E-state index is 12.8. The molecule has 36 heavy (non-hydrogen) atoms. The van der Waals surface area contributed by atoms with Crippen LogP contribution in [0.1, 0.15) is 36.7 Å². The van der Waals surface area contributed by atoms with E-state index in [0.717, 1.165) is 59.6 Å². The molecule has 3 heterocycles. The fourth-order valence-corrected chi connectivity index (χ4v) is 4.72. The number of hydrogen-bond acceptors (Lipinski definition) is 6. The van der Waals surface area contributed by atoms with E-state index in [1.807, 2.05) is 24.3 Å². The summed E-state index contributed by atoms with van der Waals surface area (Å²) < 4.78 is 0. The van der Waals surface area contributed by atoms with Gasteiger partial charge in [0.2, 0.25) is 0 Å². The fraction of sp³-hybridized carbons (Fsp3) is 0.321. The summed E-state index contributed by atoms with van der Waals surface area (Å²) in [6.07, 6.45) is 3.50. The molecule has 1 saturated heterocycles. The van der Waals surface area contributed by atoms with Gasteiger partial charge in [-0.15, -0.1) is 0 Å². The van der Waals surface area contributed by atoms with E-state index >= 15 is 0 Å². The molecule has 1 aliphatic heterocycles. The number of rotatable bonds is 5. The van der Waals surface area contributed by atoms with E-state index in [2.05, 4.69) is 76.3 Å². The van der Waals surface area contributed by atoms with Crippen molar-refractivity contribution in [1.29, 1.82) is 0 Å². The van der Waals surface area contributed by atoms with Crippen molar-refractivity contribution < 1.29 is 4.79 Å². The Morgan fingerprint density at radius 1 is 1.03 bits per heavy atom. The zero-order valence-corrected chi connectivity index (χ0v) is 21.3. The molecule has 0 saturated carbocycles. The van der Waals surface area contributed by atoms with E-state index < -0.39 is 5.91 Å². The maximum absolute atomic E-state index is 12.8. The second-order valence-corrected chi connectivity index (χ2v) is 10.5. The number of carbonyl (C=O) groups excluding carboxylic acids is 1. The molecule has 0 radical (unpaired) electrons. The first-order valence-corrected chi connectivity index (χ1v) is 12.3. The minimum atomic E-state index is -0.521. The number of amides is 1. The van der Waals surface area contributed by atoms with Gasteiger partial charge in [0.15, 0.2) is 0 Å². The first kappa shape index (κ1) is 23.8. The van der Waals surface area contributed by atoms with Crippen molar-refractivity contribution in [1.82, 2.24) is 20.1 Å². The maximum Gasteiger partial charge on any atom is 0.253 e. The molecule has 8 nitrogen and oxygen atoms in total. The lowest BCUT2D eigenvalue weighted by Gasteiger charge is -2.36. The number of hydrogen-bond donors (Lipinski definition) is 3. The van der Waals surface area contributed by atoms with Gasteiger partial charge in [-0.05, 0) is 48.4 Å². The first-order chi connectivity index (χ1) is 17.2. The Bertz CT molecular complexity index is 1410. The number of likely N-dealkylation sites (N-methyl/N-ethyl adjacent to an activating group) is 1. The highest BCUT2D eigenvalue weighted by molar-refractivity contribution is 6.06. The summed E-state index contributed by atoms with van der Waals surface area (Å²) >= 11 is 0. The van der Waals surface area contributed by atoms with Crippen LogP contribution < -0.4 is 16.0 Å². The molecule has 186 valence electrons. The lowest BCUT2D eigenvalue weighted by molar-refractivity contribution is 0.100. The van der Waals surface area contributed by atoms with Gasteiger partial charge in [0.1, 0.15) is 5.82 Å². The molecule has 5 rings (SSSR count). The molecule has 2 aromatic carbocycles. The summed E-state index contributed by atoms with van der Waals surface area (Å²) in [6.45, 7) is 10.5. The third kappa shape index (κ3) is 4.64. The standard InChI is InChI=1S/C28H33N7O/c1-28(2,3)19-6-8-21(24(15-19)35-13-11-34(4)12-14-35)22-9-10-30-27(25(22)26(29)36)32-20-7-5-18-17-31-33-23(18)16-20/h5-10,15-17H,11-14H2,1-4H3,(H2,29,36)(H,30,32)(H,31,33). The van der Waals surface area contributed by atoms with Gasteiger partial charge in [-0.25, -0.2) is 4.98 Å². The number of aromatic amines is 1. The van der Waals surface area contributed by atoms with Crippen molar-refractivity contribution in [3.63, 3.8) is 0 Å². The number of carbonyl (C=O) groups is 1. The Hall–Kier alpha value is -3.91. The molecule has 1 fully saturated rings. The quantitative estimate of drug-likeness (QED) is 0.386. The molecule has 8 heteroatoms. The minimum absolute atomic E-state index is 0.00263. The van der Waals surface area contributed by atoms with Crippen LogP contribution in [0.25, 0.3) is 22.0 Å². The summed E-state index contributed by atoms with van der Waals surface area (Å²) in [5.74, 6) is -0.0875. The number of nitrogens with zero attached hydrogens (tertiary/aromatic N) is 4. The monoisotopic (exact) mass is 483 g/mol. The summed E-state index contributed by atoms with van der Waals surface area (Å²) in [6, 6.07) is 14.3. The summed E-state index contributed by atoms with van der Waals surface area (Å²) in [5.41, 5.74) is 12.2. The molecule has 0 aliphatic carbocycles. The Morgan fingerprint density at radius 2 is 1.81 bits per heavy atom. The van der Waals surface area contributed by atoms with E-state index in [1.54, 1.807) is 12.4 Å². The van der Waals surface area contributed by atoms with Gasteiger partial charge in [0, 0.05) is 60.3 Å². The van der Waals surface area contributed by atoms with Gasteiger partial charge < -0.3 is 20.9 Å². The lowest BCUT2D eigenvalue weighted by atomic mass is 9.85. The van der Waals surface area contributed by atoms with Crippen LogP contribution in [0.4, 0.5) is 17.2 Å². The molecule has 2 aromatic heterocycles. The van der Waals surface area contributed by atoms with Crippen LogP contribution >= 0.6 is 0 Å². The van der Waals surface area contributed by atoms with Gasteiger partial charge in [-0.3, -0.25) is 9.89 Å². The zero-order valence-electron chi connectivity index (χ0n) is 21.3. The predicted molar refractivity (Wildman–Crippen MR) is 146 cm³/mol. The van der Waals surface area contributed by atoms with E-state index in [0.29, 0.717) is 11.4 Å². The van der Waals surface area contributed by atoms with Crippen molar-refractivity contribution in [3.05, 3.63) is 66.0 Å². The number of nitrogens with one attached hydrogen (secondary N) is 2. The Balaban J connectivity index is 1.62. The van der Waals surface area contributed by atoms with Crippen LogP contribution in [0.15, 0.2) is 54.9 Å². The SMILES string of the molecule is CN1CCN(c2cc(C(C)(C)C)ccc2-c2ccnc(Nc3ccc4cn[nH]c4c3)c2C(N)=O)CC1. The summed E-state index contributed by atoms with van der Waals surface area (Å²) in [5, 5.41) is 11.4. The molecule has 0 bridgehead atoms. The number of anilines is 3. The highest BCUT2D eigenvalue weighted by Gasteiger charge is 2.25. The number of pyridine rings is 1. The summed E-state index contributed by atoms with van der Waals surface area (Å²) in [7, 11) is 2.15. The number of piperazine rings is 1. The minimum Gasteiger partial charge on any atom is -0.368 e. The Labute approximate surface area is 211 Å². The van der Waals surface area contributed by atoms with Gasteiger partial charge in [-0.1, -0.05) is 32.9 Å². The molecule has 1 aliphatic rings. The largest absolute Gasteiger partial charge is 0.368 e. The van der Waals surface area contributed by atoms with Crippen LogP contribution in [0, 0.1) is 0 Å². The Kier molecular flexibility index (Phi) is 6.14. The second-order valence-electron chi connectivity index (χ2n) is 10.5. The molecular formula is C28H33N7O. The van der Waals surface area contributed by atoms with E-state index in [1.165, 1.54) is 5.56 Å². The van der Waals surface area contributed by atoms with E-state index in [-0.39, 0.29) is 5.41 Å². The van der Waals surface area contributed by atoms with Crippen LogP contribution in [0.3, 0.4) is 0 Å². The van der Waals surface area contributed by atoms with Crippen molar-refractivity contribution in [2.24, 2.45) is 5.73 Å². The van der Waals surface area contributed by atoms with Gasteiger partial charge in [0.05, 0.1) is 17.3 Å². The molecule has 0 spiro atoms. The molecule has 4 N–H and O–H groups in total. The van der Waals surface area contributed by atoms with Crippen molar-refractivity contribution in [2.75, 3.05) is 43.4 Å². The molecular weight excluding hydrogens is 450 g/mol. The molecule has 0 unspecified atom stereocenters. The summed E-state index contributed by atoms with van der Waals surface area (Å²) in [4.78, 5) is 22.1. The van der Waals surface area contributed by atoms with Gasteiger partial charge >= 0.3 is 0 Å². The number of aromatic nitrogens is 3. The third-order valence-electron chi connectivity index (χ3n) is 6.90. The van der Waals surface area contributed by atoms with Crippen molar-refractivity contribution >= 4 is 34.0 Å². The topological polar surface area (TPSA) is 103 Å². The van der Waals surface area contributed by atoms with Crippen LogP contribution in [0.5, 0.6) is 0 Å². The molecule has 4 aromatic rings. The molecule has 0 atom stereocenters. The Morgan fingerprint density at radius 3 is 2.53 bits per heavy atom. The average Bonchev–Trinajstić information content (AvgIpc) is 3.31. The highest BCUT2D eigenvalue weighted by atomic mass is 16.1. The number of primary amides is 1. The van der Waals surface area contributed by atoms with Crippen LogP contribution in [-0.4, -0.2) is 59.2 Å². The molecule has 1 amide bonds. The average molecular weight is 484 g/mol. The number of nitrogens with two attached hydrogens (primary N) is 1. The fourth-order valence-electron chi connectivity index (χ4n) is 4.72. The number of fused-ring (bicyclic) bond motifs is 1. The smallest absolute Gasteiger partial charge is 0.253 e. The van der Waals surface area contributed by atoms with E-state index in [9.17, 15) is 4.79 Å². The normalized spacial score (nSPS) is 14.8. The third-order valence-corrected chi connectivity index (χ3v) is 6.90. The van der Waals surface area contributed by atoms with E-state index in [4.69, 9.17) is 5.73 Å². The van der Waals surface area contributed by atoms with Gasteiger partial charge in [0.25, 0.3) is 5.91 Å².